The summed E-state index contributed by atoms with van der Waals surface area (Å²) in [4.78, 5) is 54.0. The number of hydrogen-bond donors (Lipinski definition) is 1. The second-order valence-corrected chi connectivity index (χ2v) is 11.5. The van der Waals surface area contributed by atoms with Crippen molar-refractivity contribution >= 4 is 56.2 Å². The van der Waals surface area contributed by atoms with Crippen molar-refractivity contribution in [1.82, 2.24) is 9.47 Å². The molecule has 4 aromatic carbocycles. The van der Waals surface area contributed by atoms with Gasteiger partial charge in [0.2, 0.25) is 6.79 Å². The van der Waals surface area contributed by atoms with Gasteiger partial charge in [0.15, 0.2) is 28.7 Å². The largest absolute Gasteiger partial charge is 0.493 e. The molecule has 0 saturated carbocycles. The van der Waals surface area contributed by atoms with Crippen molar-refractivity contribution in [3.8, 4) is 28.7 Å². The van der Waals surface area contributed by atoms with Crippen molar-refractivity contribution < 1.29 is 43.2 Å². The van der Waals surface area contributed by atoms with E-state index in [1.54, 1.807) is 28.8 Å². The highest BCUT2D eigenvalue weighted by molar-refractivity contribution is 6.16. The number of carbonyl (C=O) groups excluding carboxylic acids is 2. The van der Waals surface area contributed by atoms with Gasteiger partial charge in [0, 0.05) is 36.3 Å². The van der Waals surface area contributed by atoms with Crippen molar-refractivity contribution in [2.45, 2.75) is 19.4 Å². The third-order valence-electron chi connectivity index (χ3n) is 8.06. The maximum absolute atomic E-state index is 14.3. The molecule has 13 nitrogen and oxygen atoms in total. The second kappa shape index (κ2) is 13.1. The highest BCUT2D eigenvalue weighted by Crippen LogP contribution is 2.41. The van der Waals surface area contributed by atoms with Crippen LogP contribution in [0.1, 0.15) is 12.8 Å². The number of ether oxygens (including phenoxy) is 5. The topological polar surface area (TPSA) is 146 Å². The number of amides is 1. The van der Waals surface area contributed by atoms with Gasteiger partial charge in [-0.25, -0.2) is 4.79 Å². The number of pyridine rings is 1. The molecule has 6 rings (SSSR count). The Morgan fingerprint density at radius 1 is 0.833 bits per heavy atom. The minimum Gasteiger partial charge on any atom is -0.493 e. The monoisotopic (exact) mass is 655 g/mol. The number of carboxylic acid groups (broad SMARTS) is 1. The maximum atomic E-state index is 14.3. The molecule has 0 aliphatic carbocycles. The predicted molar refractivity (Wildman–Crippen MR) is 178 cm³/mol. The first-order valence-corrected chi connectivity index (χ1v) is 15.1. The number of carboxylic acids is 1. The zero-order valence-corrected chi connectivity index (χ0v) is 26.8. The molecule has 0 saturated heterocycles. The van der Waals surface area contributed by atoms with E-state index in [2.05, 4.69) is 0 Å². The van der Waals surface area contributed by atoms with Crippen LogP contribution in [-0.4, -0.2) is 74.2 Å². The van der Waals surface area contributed by atoms with Gasteiger partial charge in [-0.15, -0.1) is 0 Å². The van der Waals surface area contributed by atoms with Gasteiger partial charge in [0.05, 0.1) is 36.5 Å². The molecule has 0 bridgehead atoms. The lowest BCUT2D eigenvalue weighted by molar-refractivity contribution is -0.142. The Bertz CT molecular complexity index is 2160. The third-order valence-corrected chi connectivity index (χ3v) is 8.06. The number of benzene rings is 4. The number of nitrogens with zero attached hydrogens (tertiary/aromatic N) is 3. The fourth-order valence-electron chi connectivity index (χ4n) is 5.63. The van der Waals surface area contributed by atoms with Gasteiger partial charge >= 0.3 is 18.0 Å². The Kier molecular flexibility index (Phi) is 8.78. The second-order valence-electron chi connectivity index (χ2n) is 11.5. The van der Waals surface area contributed by atoms with E-state index in [1.807, 2.05) is 43.3 Å². The third kappa shape index (κ3) is 6.15. The number of aromatic nitrogens is 1. The molecule has 5 aromatic rings. The van der Waals surface area contributed by atoms with Crippen molar-refractivity contribution in [2.24, 2.45) is 0 Å². The van der Waals surface area contributed by atoms with Gasteiger partial charge in [-0.2, -0.15) is 0 Å². The van der Waals surface area contributed by atoms with E-state index >= 15 is 0 Å². The smallest absolute Gasteiger partial charge is 0.419 e. The minimum atomic E-state index is -1.14. The summed E-state index contributed by atoms with van der Waals surface area (Å²) >= 11 is 0. The molecule has 1 aromatic heterocycles. The number of fused-ring (bicyclic) bond motifs is 6. The fourth-order valence-corrected chi connectivity index (χ4v) is 5.63. The summed E-state index contributed by atoms with van der Waals surface area (Å²) in [7, 11) is 6.72. The van der Waals surface area contributed by atoms with Crippen LogP contribution < -0.4 is 34.1 Å². The van der Waals surface area contributed by atoms with Crippen molar-refractivity contribution in [2.75, 3.05) is 46.5 Å². The Balaban J connectivity index is 1.42. The first kappa shape index (κ1) is 32.1. The Hall–Kier alpha value is -5.82. The number of aliphatic carboxylic acids is 1. The maximum Gasteiger partial charge on any atom is 0.419 e. The van der Waals surface area contributed by atoms with E-state index in [4.69, 9.17) is 28.8 Å². The van der Waals surface area contributed by atoms with Crippen LogP contribution in [-0.2, 0) is 16.1 Å². The first-order valence-electron chi connectivity index (χ1n) is 15.1. The average molecular weight is 656 g/mol. The molecule has 1 N–H and O–H groups in total. The average Bonchev–Trinajstić information content (AvgIpc) is 3.53. The standard InChI is InChI=1S/C35H33N3O10/c1-36(2)13-14-38-33-21(10-9-20-15-28-29(16-22(20)33)46-19-45-28)23-17-27(44-4)30(18-24(23)34(38)42)48-35(43)37(3)25-7-5-6-8-26(25)47-32(41)12-11-31(39)40/h5-10,15-18H,11-14,19H2,1-4H3,(H,39,40). The zero-order chi connectivity index (χ0) is 34.1. The number of anilines is 1. The van der Waals surface area contributed by atoms with E-state index in [1.165, 1.54) is 26.3 Å². The predicted octanol–water partition coefficient (Wildman–Crippen LogP) is 5.01. The van der Waals surface area contributed by atoms with Gasteiger partial charge in [-0.05, 0) is 55.9 Å². The van der Waals surface area contributed by atoms with Crippen molar-refractivity contribution in [3.05, 3.63) is 71.0 Å². The van der Waals surface area contributed by atoms with E-state index < -0.39 is 24.5 Å². The number of carbonyl (C=O) groups is 3. The lowest BCUT2D eigenvalue weighted by atomic mass is 10.00. The molecule has 0 fully saturated rings. The molecule has 48 heavy (non-hydrogen) atoms. The van der Waals surface area contributed by atoms with E-state index in [0.29, 0.717) is 35.4 Å². The molecule has 0 spiro atoms. The lowest BCUT2D eigenvalue weighted by Crippen LogP contribution is -2.30. The quantitative estimate of drug-likeness (QED) is 0.123. The van der Waals surface area contributed by atoms with Gasteiger partial charge in [-0.1, -0.05) is 24.3 Å². The van der Waals surface area contributed by atoms with Crippen LogP contribution >= 0.6 is 0 Å². The molecular weight excluding hydrogens is 622 g/mol. The highest BCUT2D eigenvalue weighted by atomic mass is 16.7. The number of methoxy groups -OCH3 is 1. The van der Waals surface area contributed by atoms with E-state index in [9.17, 15) is 19.2 Å². The Morgan fingerprint density at radius 3 is 2.29 bits per heavy atom. The van der Waals surface area contributed by atoms with E-state index in [0.717, 1.165) is 26.6 Å². The fraction of sp³-hybridized carbons (Fsp3) is 0.257. The SMILES string of the molecule is COc1cc2c(cc1OC(=O)N(C)c1ccccc1OC(=O)CCC(=O)O)c(=O)n(CCN(C)C)c1c3cc4c(cc3ccc21)OCO4. The summed E-state index contributed by atoms with van der Waals surface area (Å²) < 4.78 is 29.7. The summed E-state index contributed by atoms with van der Waals surface area (Å²) in [5.74, 6) is -0.387. The van der Waals surface area contributed by atoms with Crippen LogP contribution in [0.15, 0.2) is 65.5 Å². The molecule has 0 unspecified atom stereocenters. The molecule has 1 aliphatic heterocycles. The van der Waals surface area contributed by atoms with Crippen molar-refractivity contribution in [3.63, 3.8) is 0 Å². The highest BCUT2D eigenvalue weighted by Gasteiger charge is 2.24. The lowest BCUT2D eigenvalue weighted by Gasteiger charge is -2.21. The summed E-state index contributed by atoms with van der Waals surface area (Å²) in [6.07, 6.45) is -1.58. The number of hydrogen-bond acceptors (Lipinski definition) is 10. The van der Waals surface area contributed by atoms with Crippen LogP contribution in [0, 0.1) is 0 Å². The van der Waals surface area contributed by atoms with Crippen LogP contribution in [0.3, 0.4) is 0 Å². The van der Waals surface area contributed by atoms with Gasteiger partial charge in [0.25, 0.3) is 5.56 Å². The normalized spacial score (nSPS) is 12.1. The van der Waals surface area contributed by atoms with E-state index in [-0.39, 0.29) is 41.7 Å². The Labute approximate surface area is 274 Å². The van der Waals surface area contributed by atoms with Crippen molar-refractivity contribution in [1.29, 1.82) is 0 Å². The molecule has 1 amide bonds. The molecular formula is C35H33N3O10. The Morgan fingerprint density at radius 2 is 1.56 bits per heavy atom. The molecule has 0 radical (unpaired) electrons. The van der Waals surface area contributed by atoms with Crippen LogP contribution in [0.2, 0.25) is 0 Å². The van der Waals surface area contributed by atoms with Gasteiger partial charge in [0.1, 0.15) is 0 Å². The number of likely N-dealkylation sites (N-methyl/N-ethyl adjacent to an activating group) is 1. The molecule has 13 heteroatoms. The molecule has 248 valence electrons. The number of rotatable bonds is 10. The molecule has 1 aliphatic rings. The first-order chi connectivity index (χ1) is 23.0. The number of esters is 1. The number of para-hydroxylation sites is 2. The summed E-state index contributed by atoms with van der Waals surface area (Å²) in [6, 6.07) is 17.1. The molecule has 0 atom stereocenters. The van der Waals surface area contributed by atoms with Crippen LogP contribution in [0.25, 0.3) is 32.4 Å². The van der Waals surface area contributed by atoms with Gasteiger partial charge in [-0.3, -0.25) is 19.3 Å². The minimum absolute atomic E-state index is 0.0116. The van der Waals surface area contributed by atoms with Gasteiger partial charge < -0.3 is 38.3 Å². The zero-order valence-electron chi connectivity index (χ0n) is 26.8. The molecule has 2 heterocycles. The van der Waals surface area contributed by atoms with Crippen LogP contribution in [0.5, 0.6) is 28.7 Å². The summed E-state index contributed by atoms with van der Waals surface area (Å²) in [5.41, 5.74) is 0.651. The summed E-state index contributed by atoms with van der Waals surface area (Å²) in [6.45, 7) is 1.10. The summed E-state index contributed by atoms with van der Waals surface area (Å²) in [5, 5.41) is 12.3. The van der Waals surface area contributed by atoms with Crippen LogP contribution in [0.4, 0.5) is 10.5 Å².